The molecule has 0 spiro atoms. The minimum absolute atomic E-state index is 0.0248. The summed E-state index contributed by atoms with van der Waals surface area (Å²) in [6.45, 7) is 0.405. The molecule has 4 N–H and O–H groups in total. The third-order valence-corrected chi connectivity index (χ3v) is 4.33. The van der Waals surface area contributed by atoms with Crippen molar-refractivity contribution in [3.63, 3.8) is 0 Å². The van der Waals surface area contributed by atoms with Crippen molar-refractivity contribution in [2.75, 3.05) is 12.4 Å². The number of amides is 3. The number of hydrogen-bond acceptors (Lipinski definition) is 3. The number of methoxy groups -OCH3 is 1. The maximum Gasteiger partial charge on any atom is 0.316 e. The van der Waals surface area contributed by atoms with Crippen LogP contribution in [-0.2, 0) is 11.3 Å². The number of anilines is 1. The van der Waals surface area contributed by atoms with Crippen LogP contribution in [0, 0.1) is 5.92 Å². The summed E-state index contributed by atoms with van der Waals surface area (Å²) in [6, 6.07) is 14.4. The minimum Gasteiger partial charge on any atom is -0.496 e. The number of carbonyl (C=O) groups is 2. The summed E-state index contributed by atoms with van der Waals surface area (Å²) in [6.07, 6.45) is 0.829. The van der Waals surface area contributed by atoms with Gasteiger partial charge in [-0.2, -0.15) is 0 Å². The van der Waals surface area contributed by atoms with Gasteiger partial charge in [-0.05, 0) is 41.7 Å². The number of rotatable bonds is 6. The molecule has 0 aliphatic heterocycles. The topological polar surface area (TPSA) is 93.4 Å². The molecule has 6 heteroatoms. The van der Waals surface area contributed by atoms with Crippen molar-refractivity contribution in [1.29, 1.82) is 0 Å². The van der Waals surface area contributed by atoms with Crippen LogP contribution >= 0.6 is 0 Å². The standard InChI is InChI=1S/C19H21N3O3/c1-25-17-8-3-2-7-14(17)15-10-16(15)18(23)21-11-12-5-4-6-13(9-12)22-19(20)24/h2-9,15-16H,10-11H2,1H3,(H,21,23)(H3,20,22,24). The third-order valence-electron chi connectivity index (χ3n) is 4.33. The van der Waals surface area contributed by atoms with Crippen LogP contribution in [0.2, 0.25) is 0 Å². The van der Waals surface area contributed by atoms with Gasteiger partial charge < -0.3 is 21.1 Å². The summed E-state index contributed by atoms with van der Waals surface area (Å²) < 4.78 is 5.37. The molecule has 0 bridgehead atoms. The molecule has 0 aromatic heterocycles. The highest BCUT2D eigenvalue weighted by Crippen LogP contribution is 2.50. The summed E-state index contributed by atoms with van der Waals surface area (Å²) >= 11 is 0. The van der Waals surface area contributed by atoms with E-state index in [0.717, 1.165) is 23.3 Å². The lowest BCUT2D eigenvalue weighted by Gasteiger charge is -2.09. The molecular formula is C19H21N3O3. The average molecular weight is 339 g/mol. The van der Waals surface area contributed by atoms with E-state index in [2.05, 4.69) is 10.6 Å². The zero-order valence-corrected chi connectivity index (χ0v) is 14.0. The molecule has 1 aliphatic carbocycles. The first-order valence-electron chi connectivity index (χ1n) is 8.14. The molecular weight excluding hydrogens is 318 g/mol. The molecule has 2 atom stereocenters. The van der Waals surface area contributed by atoms with E-state index in [1.807, 2.05) is 36.4 Å². The van der Waals surface area contributed by atoms with Crippen LogP contribution in [0.3, 0.4) is 0 Å². The molecule has 130 valence electrons. The molecule has 2 unspecified atom stereocenters. The van der Waals surface area contributed by atoms with Crippen molar-refractivity contribution in [3.05, 3.63) is 59.7 Å². The summed E-state index contributed by atoms with van der Waals surface area (Å²) in [4.78, 5) is 23.3. The van der Waals surface area contributed by atoms with Crippen LogP contribution in [-0.4, -0.2) is 19.0 Å². The van der Waals surface area contributed by atoms with E-state index in [0.29, 0.717) is 12.2 Å². The first-order chi connectivity index (χ1) is 12.1. The normalized spacial score (nSPS) is 18.3. The van der Waals surface area contributed by atoms with Crippen molar-refractivity contribution in [2.24, 2.45) is 11.7 Å². The summed E-state index contributed by atoms with van der Waals surface area (Å²) in [5, 5.41) is 5.48. The molecule has 6 nitrogen and oxygen atoms in total. The second kappa shape index (κ2) is 7.25. The van der Waals surface area contributed by atoms with Gasteiger partial charge in [0.2, 0.25) is 5.91 Å². The van der Waals surface area contributed by atoms with Gasteiger partial charge in [0.1, 0.15) is 5.75 Å². The number of para-hydroxylation sites is 1. The molecule has 0 heterocycles. The highest BCUT2D eigenvalue weighted by atomic mass is 16.5. The Balaban J connectivity index is 1.57. The van der Waals surface area contributed by atoms with Crippen LogP contribution in [0.1, 0.15) is 23.5 Å². The molecule has 0 radical (unpaired) electrons. The predicted octanol–water partition coefficient (Wildman–Crippen LogP) is 2.61. The van der Waals surface area contributed by atoms with Gasteiger partial charge in [0.05, 0.1) is 7.11 Å². The van der Waals surface area contributed by atoms with Crippen LogP contribution in [0.15, 0.2) is 48.5 Å². The van der Waals surface area contributed by atoms with Crippen LogP contribution in [0.25, 0.3) is 0 Å². The quantitative estimate of drug-likeness (QED) is 0.755. The highest BCUT2D eigenvalue weighted by molar-refractivity contribution is 5.88. The van der Waals surface area contributed by atoms with E-state index in [9.17, 15) is 9.59 Å². The maximum atomic E-state index is 12.4. The molecule has 2 aromatic carbocycles. The second-order valence-electron chi connectivity index (χ2n) is 6.10. The fourth-order valence-electron chi connectivity index (χ4n) is 3.02. The zero-order valence-electron chi connectivity index (χ0n) is 14.0. The predicted molar refractivity (Wildman–Crippen MR) is 95.3 cm³/mol. The van der Waals surface area contributed by atoms with Gasteiger partial charge >= 0.3 is 6.03 Å². The SMILES string of the molecule is COc1ccccc1C1CC1C(=O)NCc1cccc(NC(N)=O)c1. The number of urea groups is 1. The van der Waals surface area contributed by atoms with Gasteiger partial charge in [-0.3, -0.25) is 4.79 Å². The Bertz CT molecular complexity index is 791. The number of primary amides is 1. The summed E-state index contributed by atoms with van der Waals surface area (Å²) in [5.74, 6) is 1.04. The Morgan fingerprint density at radius 1 is 1.20 bits per heavy atom. The van der Waals surface area contributed by atoms with E-state index in [4.69, 9.17) is 10.5 Å². The van der Waals surface area contributed by atoms with Crippen molar-refractivity contribution in [3.8, 4) is 5.75 Å². The Labute approximate surface area is 146 Å². The van der Waals surface area contributed by atoms with E-state index < -0.39 is 6.03 Å². The lowest BCUT2D eigenvalue weighted by Crippen LogP contribution is -2.25. The lowest BCUT2D eigenvalue weighted by atomic mass is 10.1. The number of ether oxygens (including phenoxy) is 1. The van der Waals surface area contributed by atoms with Crippen LogP contribution < -0.4 is 21.1 Å². The number of benzene rings is 2. The van der Waals surface area contributed by atoms with Gasteiger partial charge in [-0.15, -0.1) is 0 Å². The van der Waals surface area contributed by atoms with E-state index in [1.54, 1.807) is 19.2 Å². The van der Waals surface area contributed by atoms with Gasteiger partial charge in [0.15, 0.2) is 0 Å². The smallest absolute Gasteiger partial charge is 0.316 e. The fourth-order valence-corrected chi connectivity index (χ4v) is 3.02. The largest absolute Gasteiger partial charge is 0.496 e. The Morgan fingerprint density at radius 2 is 2.00 bits per heavy atom. The van der Waals surface area contributed by atoms with Crippen molar-refractivity contribution in [2.45, 2.75) is 18.9 Å². The maximum absolute atomic E-state index is 12.4. The molecule has 3 amide bonds. The monoisotopic (exact) mass is 339 g/mol. The van der Waals surface area contributed by atoms with E-state index in [1.165, 1.54) is 0 Å². The van der Waals surface area contributed by atoms with E-state index >= 15 is 0 Å². The summed E-state index contributed by atoms with van der Waals surface area (Å²) in [7, 11) is 1.64. The van der Waals surface area contributed by atoms with Crippen molar-refractivity contribution < 1.29 is 14.3 Å². The Kier molecular flexibility index (Phi) is 4.88. The lowest BCUT2D eigenvalue weighted by molar-refractivity contribution is -0.122. The summed E-state index contributed by atoms with van der Waals surface area (Å²) in [5.41, 5.74) is 7.70. The molecule has 3 rings (SSSR count). The average Bonchev–Trinajstić information content (AvgIpc) is 3.40. The van der Waals surface area contributed by atoms with Crippen molar-refractivity contribution in [1.82, 2.24) is 5.32 Å². The molecule has 1 aliphatic rings. The van der Waals surface area contributed by atoms with Crippen LogP contribution in [0.4, 0.5) is 10.5 Å². The number of nitrogens with two attached hydrogens (primary N) is 1. The first-order valence-corrected chi connectivity index (χ1v) is 8.14. The van der Waals surface area contributed by atoms with Gasteiger partial charge in [0.25, 0.3) is 0 Å². The fraction of sp³-hybridized carbons (Fsp3) is 0.263. The van der Waals surface area contributed by atoms with Gasteiger partial charge in [-0.1, -0.05) is 30.3 Å². The van der Waals surface area contributed by atoms with E-state index in [-0.39, 0.29) is 17.7 Å². The Hall–Kier alpha value is -3.02. The third kappa shape index (κ3) is 4.09. The highest BCUT2D eigenvalue weighted by Gasteiger charge is 2.45. The van der Waals surface area contributed by atoms with Crippen molar-refractivity contribution >= 4 is 17.6 Å². The number of hydrogen-bond donors (Lipinski definition) is 3. The first kappa shape index (κ1) is 16.8. The second-order valence-corrected chi connectivity index (χ2v) is 6.10. The molecule has 1 saturated carbocycles. The number of carbonyl (C=O) groups excluding carboxylic acids is 2. The zero-order chi connectivity index (χ0) is 17.8. The molecule has 1 fully saturated rings. The molecule has 25 heavy (non-hydrogen) atoms. The molecule has 0 saturated heterocycles. The molecule has 2 aromatic rings. The van der Waals surface area contributed by atoms with Gasteiger partial charge in [-0.25, -0.2) is 4.79 Å². The Morgan fingerprint density at radius 3 is 2.76 bits per heavy atom. The number of nitrogens with one attached hydrogen (secondary N) is 2. The minimum atomic E-state index is -0.612. The van der Waals surface area contributed by atoms with Crippen LogP contribution in [0.5, 0.6) is 5.75 Å². The van der Waals surface area contributed by atoms with Gasteiger partial charge in [0, 0.05) is 18.2 Å².